The highest BCUT2D eigenvalue weighted by molar-refractivity contribution is 7.99. The van der Waals surface area contributed by atoms with Crippen LogP contribution in [-0.2, 0) is 4.79 Å². The topological polar surface area (TPSA) is 95.1 Å². The molecule has 0 aromatic carbocycles. The predicted molar refractivity (Wildman–Crippen MR) is 67.7 cm³/mol. The Kier molecular flexibility index (Phi) is 4.59. The van der Waals surface area contributed by atoms with Crippen LogP contribution in [0.3, 0.4) is 0 Å². The summed E-state index contributed by atoms with van der Waals surface area (Å²) in [5.41, 5.74) is 10.9. The predicted octanol–water partition coefficient (Wildman–Crippen LogP) is 1.37. The Morgan fingerprint density at radius 3 is 2.65 bits per heavy atom. The van der Waals surface area contributed by atoms with Gasteiger partial charge in [0.25, 0.3) is 5.22 Å². The van der Waals surface area contributed by atoms with Gasteiger partial charge in [0.05, 0.1) is 11.2 Å². The minimum Gasteiger partial charge on any atom is -0.437 e. The van der Waals surface area contributed by atoms with Gasteiger partial charge >= 0.3 is 0 Å². The number of thioether (sulfide) groups is 1. The molecule has 1 rings (SSSR count). The van der Waals surface area contributed by atoms with Crippen LogP contribution in [0.25, 0.3) is 0 Å². The van der Waals surface area contributed by atoms with Crippen molar-refractivity contribution in [2.75, 3.05) is 5.75 Å². The smallest absolute Gasteiger partial charge is 0.256 e. The van der Waals surface area contributed by atoms with E-state index in [4.69, 9.17) is 15.9 Å². The zero-order chi connectivity index (χ0) is 13.1. The van der Waals surface area contributed by atoms with Crippen molar-refractivity contribution in [1.82, 2.24) is 4.98 Å². The van der Waals surface area contributed by atoms with Crippen LogP contribution in [0.15, 0.2) is 9.64 Å². The van der Waals surface area contributed by atoms with E-state index in [2.05, 4.69) is 4.98 Å². The Morgan fingerprint density at radius 1 is 1.53 bits per heavy atom. The van der Waals surface area contributed by atoms with Crippen molar-refractivity contribution in [1.29, 1.82) is 0 Å². The van der Waals surface area contributed by atoms with E-state index in [0.29, 0.717) is 11.6 Å². The van der Waals surface area contributed by atoms with Crippen molar-refractivity contribution in [2.24, 2.45) is 11.5 Å². The van der Waals surface area contributed by atoms with Gasteiger partial charge < -0.3 is 15.9 Å². The van der Waals surface area contributed by atoms with E-state index in [9.17, 15) is 4.79 Å². The molecule has 1 atom stereocenters. The Labute approximate surface area is 105 Å². The monoisotopic (exact) mass is 257 g/mol. The molecular weight excluding hydrogens is 238 g/mol. The number of primary amides is 1. The van der Waals surface area contributed by atoms with Gasteiger partial charge in [0.15, 0.2) is 0 Å². The molecule has 0 bridgehead atoms. The second kappa shape index (κ2) is 5.55. The fourth-order valence-electron chi connectivity index (χ4n) is 1.23. The van der Waals surface area contributed by atoms with Gasteiger partial charge in [0, 0.05) is 5.75 Å². The molecule has 0 aliphatic carbocycles. The summed E-state index contributed by atoms with van der Waals surface area (Å²) in [6.45, 7) is 5.45. The zero-order valence-electron chi connectivity index (χ0n) is 10.4. The highest BCUT2D eigenvalue weighted by Crippen LogP contribution is 2.22. The molecular formula is C11H19N3O2S. The molecule has 0 saturated carbocycles. The van der Waals surface area contributed by atoms with Crippen molar-refractivity contribution in [3.05, 3.63) is 11.5 Å². The molecule has 5 nitrogen and oxygen atoms in total. The van der Waals surface area contributed by atoms with Gasteiger partial charge in [0.1, 0.15) is 5.76 Å². The summed E-state index contributed by atoms with van der Waals surface area (Å²) in [5.74, 6) is 1.18. The molecule has 0 radical (unpaired) electrons. The van der Waals surface area contributed by atoms with E-state index in [-0.39, 0.29) is 0 Å². The molecule has 1 unspecified atom stereocenters. The largest absolute Gasteiger partial charge is 0.437 e. The highest BCUT2D eigenvalue weighted by Gasteiger charge is 2.24. The van der Waals surface area contributed by atoms with Crippen LogP contribution < -0.4 is 11.5 Å². The molecule has 0 aliphatic rings. The van der Waals surface area contributed by atoms with Gasteiger partial charge in [-0.05, 0) is 33.6 Å². The lowest BCUT2D eigenvalue weighted by atomic mass is 9.97. The third kappa shape index (κ3) is 4.05. The van der Waals surface area contributed by atoms with Crippen molar-refractivity contribution < 1.29 is 9.21 Å². The lowest BCUT2D eigenvalue weighted by molar-refractivity contribution is -0.122. The summed E-state index contributed by atoms with van der Waals surface area (Å²) in [6, 6.07) is 0. The number of rotatable bonds is 6. The standard InChI is InChI=1S/C11H19N3O2S/c1-7-8(2)16-10(14-7)17-6-4-5-11(3,13)9(12)15/h4-6,13H2,1-3H3,(H2,12,15). The van der Waals surface area contributed by atoms with Crippen molar-refractivity contribution in [3.8, 4) is 0 Å². The van der Waals surface area contributed by atoms with Crippen molar-refractivity contribution >= 4 is 17.7 Å². The number of carbonyl (C=O) groups is 1. The van der Waals surface area contributed by atoms with E-state index >= 15 is 0 Å². The fourth-order valence-corrected chi connectivity index (χ4v) is 2.08. The Morgan fingerprint density at radius 2 is 2.18 bits per heavy atom. The van der Waals surface area contributed by atoms with E-state index in [1.165, 1.54) is 11.8 Å². The Bertz CT molecular complexity index is 382. The molecule has 1 heterocycles. The van der Waals surface area contributed by atoms with Crippen LogP contribution in [0.2, 0.25) is 0 Å². The van der Waals surface area contributed by atoms with Gasteiger partial charge in [-0.25, -0.2) is 4.98 Å². The first kappa shape index (κ1) is 14.1. The minimum atomic E-state index is -0.928. The van der Waals surface area contributed by atoms with Crippen LogP contribution in [0.4, 0.5) is 0 Å². The van der Waals surface area contributed by atoms with Gasteiger partial charge in [-0.2, -0.15) is 0 Å². The molecule has 1 aromatic rings. The number of hydrogen-bond donors (Lipinski definition) is 2. The van der Waals surface area contributed by atoms with Crippen LogP contribution in [0.1, 0.15) is 31.2 Å². The number of nitrogens with zero attached hydrogens (tertiary/aromatic N) is 1. The molecule has 1 aromatic heterocycles. The average Bonchev–Trinajstić information content (AvgIpc) is 2.53. The lowest BCUT2D eigenvalue weighted by Crippen LogP contribution is -2.49. The second-order valence-electron chi connectivity index (χ2n) is 4.36. The zero-order valence-corrected chi connectivity index (χ0v) is 11.3. The lowest BCUT2D eigenvalue weighted by Gasteiger charge is -2.19. The van der Waals surface area contributed by atoms with Crippen LogP contribution in [0, 0.1) is 13.8 Å². The number of aryl methyl sites for hydroxylation is 2. The summed E-state index contributed by atoms with van der Waals surface area (Å²) in [5, 5.41) is 0.665. The van der Waals surface area contributed by atoms with Crippen molar-refractivity contribution in [2.45, 2.75) is 44.4 Å². The second-order valence-corrected chi connectivity index (χ2v) is 5.40. The number of hydrogen-bond acceptors (Lipinski definition) is 5. The summed E-state index contributed by atoms with van der Waals surface area (Å²) in [7, 11) is 0. The molecule has 0 saturated heterocycles. The van der Waals surface area contributed by atoms with Gasteiger partial charge in [-0.3, -0.25) is 4.79 Å². The number of amides is 1. The summed E-state index contributed by atoms with van der Waals surface area (Å²) in [4.78, 5) is 15.2. The molecule has 0 spiro atoms. The molecule has 0 fully saturated rings. The number of aromatic nitrogens is 1. The third-order valence-electron chi connectivity index (χ3n) is 2.64. The van der Waals surface area contributed by atoms with Gasteiger partial charge in [-0.15, -0.1) is 0 Å². The SMILES string of the molecule is Cc1nc(SCCCC(C)(N)C(N)=O)oc1C. The first-order chi connectivity index (χ1) is 7.83. The molecule has 1 amide bonds. The van der Waals surface area contributed by atoms with E-state index in [1.54, 1.807) is 6.92 Å². The molecule has 17 heavy (non-hydrogen) atoms. The first-order valence-corrected chi connectivity index (χ1v) is 6.47. The maximum absolute atomic E-state index is 11.0. The van der Waals surface area contributed by atoms with E-state index < -0.39 is 11.4 Å². The van der Waals surface area contributed by atoms with Crippen LogP contribution in [0.5, 0.6) is 0 Å². The average molecular weight is 257 g/mol. The molecule has 0 aliphatic heterocycles. The normalized spacial score (nSPS) is 14.6. The Balaban J connectivity index is 2.32. The molecule has 6 heteroatoms. The van der Waals surface area contributed by atoms with Gasteiger partial charge in [-0.1, -0.05) is 11.8 Å². The van der Waals surface area contributed by atoms with Gasteiger partial charge in [0.2, 0.25) is 5.91 Å². The van der Waals surface area contributed by atoms with E-state index in [0.717, 1.165) is 23.6 Å². The third-order valence-corrected chi connectivity index (χ3v) is 3.55. The maximum atomic E-state index is 11.0. The fraction of sp³-hybridized carbons (Fsp3) is 0.636. The highest BCUT2D eigenvalue weighted by atomic mass is 32.2. The maximum Gasteiger partial charge on any atom is 0.256 e. The summed E-state index contributed by atoms with van der Waals surface area (Å²) < 4.78 is 5.42. The minimum absolute atomic E-state index is 0.467. The summed E-state index contributed by atoms with van der Waals surface area (Å²) >= 11 is 1.52. The summed E-state index contributed by atoms with van der Waals surface area (Å²) in [6.07, 6.45) is 1.36. The van der Waals surface area contributed by atoms with Crippen LogP contribution >= 0.6 is 11.8 Å². The first-order valence-electron chi connectivity index (χ1n) is 5.48. The molecule has 96 valence electrons. The molecule has 4 N–H and O–H groups in total. The quantitative estimate of drug-likeness (QED) is 0.592. The number of nitrogens with two attached hydrogens (primary N) is 2. The Hall–Kier alpha value is -1.01. The number of carbonyl (C=O) groups excluding carboxylic acids is 1. The number of oxazole rings is 1. The van der Waals surface area contributed by atoms with E-state index in [1.807, 2.05) is 13.8 Å². The van der Waals surface area contributed by atoms with Crippen molar-refractivity contribution in [3.63, 3.8) is 0 Å². The van der Waals surface area contributed by atoms with Crippen LogP contribution in [-0.4, -0.2) is 22.2 Å².